The first-order valence-electron chi connectivity index (χ1n) is 4.89. The first-order chi connectivity index (χ1) is 7.19. The lowest BCUT2D eigenvalue weighted by atomic mass is 10.4. The van der Waals surface area contributed by atoms with Gasteiger partial charge in [0.15, 0.2) is 5.69 Å². The maximum absolute atomic E-state index is 11.2. The van der Waals surface area contributed by atoms with E-state index in [1.165, 1.54) is 7.11 Å². The Morgan fingerprint density at radius 3 is 2.93 bits per heavy atom. The van der Waals surface area contributed by atoms with Gasteiger partial charge in [0.25, 0.3) is 0 Å². The fraction of sp³-hybridized carbons (Fsp3) is 0.600. The largest absolute Gasteiger partial charge is 0.464 e. The van der Waals surface area contributed by atoms with E-state index in [1.807, 2.05) is 13.8 Å². The van der Waals surface area contributed by atoms with E-state index in [9.17, 15) is 4.79 Å². The summed E-state index contributed by atoms with van der Waals surface area (Å²) in [6.07, 6.45) is 0.962. The summed E-state index contributed by atoms with van der Waals surface area (Å²) in [5.41, 5.74) is 1.20. The minimum absolute atomic E-state index is 0.315. The van der Waals surface area contributed by atoms with Crippen molar-refractivity contribution >= 4 is 5.97 Å². The minimum Gasteiger partial charge on any atom is -0.464 e. The molecule has 0 bridgehead atoms. The molecule has 84 valence electrons. The molecule has 0 saturated heterocycles. The van der Waals surface area contributed by atoms with Gasteiger partial charge in [-0.1, -0.05) is 6.92 Å². The van der Waals surface area contributed by atoms with Gasteiger partial charge in [0.1, 0.15) is 6.73 Å². The summed E-state index contributed by atoms with van der Waals surface area (Å²) in [6, 6.07) is 1.68. The zero-order valence-corrected chi connectivity index (χ0v) is 9.32. The third-order valence-corrected chi connectivity index (χ3v) is 1.94. The summed E-state index contributed by atoms with van der Waals surface area (Å²) >= 11 is 0. The molecule has 5 nitrogen and oxygen atoms in total. The summed E-state index contributed by atoms with van der Waals surface area (Å²) in [7, 11) is 1.34. The maximum atomic E-state index is 11.2. The van der Waals surface area contributed by atoms with E-state index < -0.39 is 5.97 Å². The quantitative estimate of drug-likeness (QED) is 0.546. The highest BCUT2D eigenvalue weighted by Crippen LogP contribution is 2.04. The summed E-state index contributed by atoms with van der Waals surface area (Å²) in [4.78, 5) is 11.2. The first-order valence-corrected chi connectivity index (χ1v) is 4.89. The fourth-order valence-corrected chi connectivity index (χ4v) is 1.14. The average Bonchev–Trinajstić information content (AvgIpc) is 2.60. The van der Waals surface area contributed by atoms with Crippen LogP contribution in [0.3, 0.4) is 0 Å². The highest BCUT2D eigenvalue weighted by molar-refractivity contribution is 5.87. The summed E-state index contributed by atoms with van der Waals surface area (Å²) in [5, 5.41) is 4.07. The highest BCUT2D eigenvalue weighted by Gasteiger charge is 2.11. The van der Waals surface area contributed by atoms with Crippen molar-refractivity contribution in [3.05, 3.63) is 17.5 Å². The Morgan fingerprint density at radius 1 is 1.60 bits per heavy atom. The molecule has 0 saturated carbocycles. The van der Waals surface area contributed by atoms with Crippen LogP contribution in [0.5, 0.6) is 0 Å². The van der Waals surface area contributed by atoms with Crippen molar-refractivity contribution in [3.63, 3.8) is 0 Å². The van der Waals surface area contributed by atoms with Crippen LogP contribution in [-0.2, 0) is 16.2 Å². The molecule has 1 heterocycles. The van der Waals surface area contributed by atoms with Crippen LogP contribution in [-0.4, -0.2) is 29.5 Å². The maximum Gasteiger partial charge on any atom is 0.358 e. The normalized spacial score (nSPS) is 10.3. The van der Waals surface area contributed by atoms with Crippen molar-refractivity contribution in [2.45, 2.75) is 27.0 Å². The molecule has 5 heteroatoms. The zero-order chi connectivity index (χ0) is 11.3. The van der Waals surface area contributed by atoms with Crippen molar-refractivity contribution in [2.24, 2.45) is 0 Å². The number of carbonyl (C=O) groups is 1. The van der Waals surface area contributed by atoms with E-state index in [-0.39, 0.29) is 0 Å². The van der Waals surface area contributed by atoms with E-state index in [0.717, 1.165) is 12.1 Å². The monoisotopic (exact) mass is 212 g/mol. The van der Waals surface area contributed by atoms with Gasteiger partial charge in [-0.05, 0) is 19.4 Å². The Balaban J connectivity index is 2.64. The Hall–Kier alpha value is -1.36. The van der Waals surface area contributed by atoms with Gasteiger partial charge in [-0.3, -0.25) is 0 Å². The Morgan fingerprint density at radius 2 is 2.33 bits per heavy atom. The van der Waals surface area contributed by atoms with Gasteiger partial charge in [0.05, 0.1) is 7.11 Å². The molecule has 1 rings (SSSR count). The fourth-order valence-electron chi connectivity index (χ4n) is 1.14. The lowest BCUT2D eigenvalue weighted by Crippen LogP contribution is -2.08. The van der Waals surface area contributed by atoms with Gasteiger partial charge in [-0.2, -0.15) is 5.10 Å². The van der Waals surface area contributed by atoms with E-state index in [0.29, 0.717) is 19.0 Å². The van der Waals surface area contributed by atoms with Gasteiger partial charge in [-0.25, -0.2) is 9.48 Å². The second kappa shape index (κ2) is 5.50. The van der Waals surface area contributed by atoms with Crippen LogP contribution in [0.25, 0.3) is 0 Å². The van der Waals surface area contributed by atoms with Crippen LogP contribution >= 0.6 is 0 Å². The molecule has 0 unspecified atom stereocenters. The molecule has 0 N–H and O–H groups in total. The number of aromatic nitrogens is 2. The van der Waals surface area contributed by atoms with E-state index in [2.05, 4.69) is 9.84 Å². The standard InChI is InChI=1S/C10H16N2O3/c1-4-5-15-7-12-8(2)6-9(11-12)10(13)14-3/h6H,4-5,7H2,1-3H3. The second-order valence-electron chi connectivity index (χ2n) is 3.20. The molecule has 15 heavy (non-hydrogen) atoms. The Bertz CT molecular complexity index is 333. The molecular weight excluding hydrogens is 196 g/mol. The van der Waals surface area contributed by atoms with Crippen LogP contribution < -0.4 is 0 Å². The molecule has 0 radical (unpaired) electrons. The topological polar surface area (TPSA) is 53.4 Å². The molecular formula is C10H16N2O3. The molecule has 0 aromatic carbocycles. The number of methoxy groups -OCH3 is 1. The van der Waals surface area contributed by atoms with Crippen molar-refractivity contribution in [1.29, 1.82) is 0 Å². The Labute approximate surface area is 89.0 Å². The number of aryl methyl sites for hydroxylation is 1. The summed E-state index contributed by atoms with van der Waals surface area (Å²) in [5.74, 6) is -0.424. The zero-order valence-electron chi connectivity index (χ0n) is 9.32. The third kappa shape index (κ3) is 3.06. The molecule has 0 aliphatic heterocycles. The predicted molar refractivity (Wildman–Crippen MR) is 54.5 cm³/mol. The van der Waals surface area contributed by atoms with Gasteiger partial charge in [0, 0.05) is 12.3 Å². The lowest BCUT2D eigenvalue weighted by molar-refractivity contribution is 0.0573. The molecule has 0 amide bonds. The van der Waals surface area contributed by atoms with Crippen LogP contribution in [0.1, 0.15) is 29.5 Å². The van der Waals surface area contributed by atoms with Crippen LogP contribution in [0.4, 0.5) is 0 Å². The minimum atomic E-state index is -0.424. The number of hydrogen-bond acceptors (Lipinski definition) is 4. The number of rotatable bonds is 5. The van der Waals surface area contributed by atoms with Gasteiger partial charge in [0.2, 0.25) is 0 Å². The molecule has 0 aliphatic carbocycles. The third-order valence-electron chi connectivity index (χ3n) is 1.94. The number of esters is 1. The number of carbonyl (C=O) groups excluding carboxylic acids is 1. The van der Waals surface area contributed by atoms with Crippen molar-refractivity contribution < 1.29 is 14.3 Å². The number of ether oxygens (including phenoxy) is 2. The molecule has 0 atom stereocenters. The van der Waals surface area contributed by atoms with Gasteiger partial charge < -0.3 is 9.47 Å². The van der Waals surface area contributed by atoms with Crippen molar-refractivity contribution in [2.75, 3.05) is 13.7 Å². The molecule has 1 aromatic rings. The van der Waals surface area contributed by atoms with E-state index in [4.69, 9.17) is 4.74 Å². The molecule has 0 fully saturated rings. The highest BCUT2D eigenvalue weighted by atomic mass is 16.5. The summed E-state index contributed by atoms with van der Waals surface area (Å²) in [6.45, 7) is 4.97. The molecule has 1 aromatic heterocycles. The smallest absolute Gasteiger partial charge is 0.358 e. The molecule has 0 spiro atoms. The number of hydrogen-bond donors (Lipinski definition) is 0. The average molecular weight is 212 g/mol. The van der Waals surface area contributed by atoms with Crippen LogP contribution in [0.15, 0.2) is 6.07 Å². The van der Waals surface area contributed by atoms with Crippen molar-refractivity contribution in [1.82, 2.24) is 9.78 Å². The predicted octanol–water partition coefficient (Wildman–Crippen LogP) is 1.36. The number of nitrogens with zero attached hydrogens (tertiary/aromatic N) is 2. The van der Waals surface area contributed by atoms with Crippen LogP contribution in [0, 0.1) is 6.92 Å². The lowest BCUT2D eigenvalue weighted by Gasteiger charge is -2.04. The Kier molecular flexibility index (Phi) is 4.30. The second-order valence-corrected chi connectivity index (χ2v) is 3.20. The van der Waals surface area contributed by atoms with Crippen molar-refractivity contribution in [3.8, 4) is 0 Å². The van der Waals surface area contributed by atoms with Gasteiger partial charge in [-0.15, -0.1) is 0 Å². The molecule has 0 aliphatic rings. The SMILES string of the molecule is CCCOCn1nc(C(=O)OC)cc1C. The van der Waals surface area contributed by atoms with Gasteiger partial charge >= 0.3 is 5.97 Å². The van der Waals surface area contributed by atoms with Crippen LogP contribution in [0.2, 0.25) is 0 Å². The first kappa shape index (κ1) is 11.7. The van der Waals surface area contributed by atoms with E-state index in [1.54, 1.807) is 10.7 Å². The van der Waals surface area contributed by atoms with E-state index >= 15 is 0 Å². The summed E-state index contributed by atoms with van der Waals surface area (Å²) < 4.78 is 11.5.